The van der Waals surface area contributed by atoms with Gasteiger partial charge >= 0.3 is 12.0 Å². The lowest BCUT2D eigenvalue weighted by molar-refractivity contribution is -0.142. The van der Waals surface area contributed by atoms with Gasteiger partial charge < -0.3 is 10.4 Å². The summed E-state index contributed by atoms with van der Waals surface area (Å²) in [6.45, 7) is 0. The van der Waals surface area contributed by atoms with E-state index in [0.717, 1.165) is 19.3 Å². The van der Waals surface area contributed by atoms with Crippen molar-refractivity contribution in [1.29, 1.82) is 0 Å². The van der Waals surface area contributed by atoms with Crippen molar-refractivity contribution in [2.75, 3.05) is 5.32 Å². The minimum Gasteiger partial charge on any atom is -0.481 e. The Balaban J connectivity index is 1.94. The Morgan fingerprint density at radius 1 is 1.32 bits per heavy atom. The van der Waals surface area contributed by atoms with Crippen LogP contribution in [-0.2, 0) is 4.79 Å². The quantitative estimate of drug-likeness (QED) is 0.742. The molecule has 3 N–H and O–H groups in total. The van der Waals surface area contributed by atoms with Gasteiger partial charge in [-0.2, -0.15) is 0 Å². The molecule has 1 heterocycles. The largest absolute Gasteiger partial charge is 0.481 e. The molecular formula is C12H17N3O3S. The van der Waals surface area contributed by atoms with Crippen molar-refractivity contribution < 1.29 is 14.7 Å². The second-order valence-corrected chi connectivity index (χ2v) is 5.52. The molecule has 1 aliphatic carbocycles. The number of aromatic nitrogens is 1. The molecule has 1 fully saturated rings. The van der Waals surface area contributed by atoms with E-state index < -0.39 is 11.9 Å². The maximum Gasteiger partial charge on any atom is 0.321 e. The van der Waals surface area contributed by atoms with Crippen LogP contribution in [0.5, 0.6) is 0 Å². The predicted octanol–water partition coefficient (Wildman–Crippen LogP) is 2.30. The smallest absolute Gasteiger partial charge is 0.321 e. The van der Waals surface area contributed by atoms with E-state index in [4.69, 9.17) is 0 Å². The second kappa shape index (κ2) is 6.51. The Bertz CT molecular complexity index is 435. The molecule has 2 amide bonds. The van der Waals surface area contributed by atoms with Gasteiger partial charge in [-0.25, -0.2) is 9.78 Å². The molecule has 2 atom stereocenters. The summed E-state index contributed by atoms with van der Waals surface area (Å²) in [6, 6.07) is -0.687. The fourth-order valence-corrected chi connectivity index (χ4v) is 2.89. The van der Waals surface area contributed by atoms with Gasteiger partial charge in [-0.15, -0.1) is 11.3 Å². The van der Waals surface area contributed by atoms with Crippen LogP contribution >= 0.6 is 11.3 Å². The van der Waals surface area contributed by atoms with Gasteiger partial charge in [0.1, 0.15) is 0 Å². The fourth-order valence-electron chi connectivity index (χ4n) is 2.36. The van der Waals surface area contributed by atoms with E-state index >= 15 is 0 Å². The molecule has 104 valence electrons. The summed E-state index contributed by atoms with van der Waals surface area (Å²) in [7, 11) is 0. The highest BCUT2D eigenvalue weighted by molar-refractivity contribution is 7.13. The number of hydrogen-bond acceptors (Lipinski definition) is 4. The molecule has 0 spiro atoms. The molecule has 1 aromatic heterocycles. The lowest BCUT2D eigenvalue weighted by Gasteiger charge is -2.22. The van der Waals surface area contributed by atoms with Gasteiger partial charge in [0.25, 0.3) is 0 Å². The molecule has 6 nitrogen and oxygen atoms in total. The van der Waals surface area contributed by atoms with Crippen LogP contribution < -0.4 is 10.6 Å². The van der Waals surface area contributed by atoms with Gasteiger partial charge in [-0.3, -0.25) is 10.1 Å². The van der Waals surface area contributed by atoms with Crippen LogP contribution in [0.15, 0.2) is 11.6 Å². The third-order valence-electron chi connectivity index (χ3n) is 3.30. The maximum absolute atomic E-state index is 11.8. The van der Waals surface area contributed by atoms with E-state index in [1.807, 2.05) is 0 Å². The van der Waals surface area contributed by atoms with Crippen molar-refractivity contribution in [3.8, 4) is 0 Å². The highest BCUT2D eigenvalue weighted by Gasteiger charge is 2.30. The molecule has 7 heteroatoms. The zero-order chi connectivity index (χ0) is 13.7. The highest BCUT2D eigenvalue weighted by Crippen LogP contribution is 2.24. The minimum absolute atomic E-state index is 0.306. The number of nitrogens with one attached hydrogen (secondary N) is 2. The summed E-state index contributed by atoms with van der Waals surface area (Å²) in [5.41, 5.74) is 0. The van der Waals surface area contributed by atoms with Gasteiger partial charge in [0, 0.05) is 17.6 Å². The standard InChI is InChI=1S/C12H17N3O3S/c16-10(17)8-4-2-1-3-5-9(8)14-11(18)15-12-13-6-7-19-12/h6-9H,1-5H2,(H,16,17)(H2,13,14,15,18). The summed E-state index contributed by atoms with van der Waals surface area (Å²) in [5.74, 6) is -1.33. The van der Waals surface area contributed by atoms with E-state index in [-0.39, 0.29) is 12.1 Å². The zero-order valence-electron chi connectivity index (χ0n) is 10.5. The van der Waals surface area contributed by atoms with Crippen LogP contribution in [0.1, 0.15) is 32.1 Å². The normalized spacial score (nSPS) is 23.4. The van der Waals surface area contributed by atoms with E-state index in [0.29, 0.717) is 18.0 Å². The number of rotatable bonds is 3. The third kappa shape index (κ3) is 3.92. The van der Waals surface area contributed by atoms with Gasteiger partial charge in [-0.05, 0) is 12.8 Å². The molecule has 2 rings (SSSR count). The van der Waals surface area contributed by atoms with Crippen molar-refractivity contribution in [1.82, 2.24) is 10.3 Å². The van der Waals surface area contributed by atoms with Gasteiger partial charge in [0.15, 0.2) is 5.13 Å². The molecule has 2 unspecified atom stereocenters. The van der Waals surface area contributed by atoms with Crippen LogP contribution in [0.4, 0.5) is 9.93 Å². The molecule has 1 aliphatic rings. The van der Waals surface area contributed by atoms with Crippen molar-refractivity contribution >= 4 is 28.5 Å². The number of carbonyl (C=O) groups is 2. The topological polar surface area (TPSA) is 91.3 Å². The Labute approximate surface area is 115 Å². The number of thiazole rings is 1. The van der Waals surface area contributed by atoms with Crippen molar-refractivity contribution in [2.24, 2.45) is 5.92 Å². The SMILES string of the molecule is O=C(Nc1nccs1)NC1CCCCCC1C(=O)O. The summed E-state index contributed by atoms with van der Waals surface area (Å²) in [5, 5.41) is 16.9. The highest BCUT2D eigenvalue weighted by atomic mass is 32.1. The monoisotopic (exact) mass is 283 g/mol. The first-order valence-corrected chi connectivity index (χ1v) is 7.24. The zero-order valence-corrected chi connectivity index (χ0v) is 11.3. The first kappa shape index (κ1) is 13.8. The van der Waals surface area contributed by atoms with Crippen LogP contribution in [-0.4, -0.2) is 28.1 Å². The molecule has 1 aromatic rings. The number of aliphatic carboxylic acids is 1. The lowest BCUT2D eigenvalue weighted by atomic mass is 9.95. The van der Waals surface area contributed by atoms with Crippen molar-refractivity contribution in [3.63, 3.8) is 0 Å². The van der Waals surface area contributed by atoms with Crippen molar-refractivity contribution in [3.05, 3.63) is 11.6 Å². The third-order valence-corrected chi connectivity index (χ3v) is 3.99. The van der Waals surface area contributed by atoms with Crippen LogP contribution in [0.2, 0.25) is 0 Å². The van der Waals surface area contributed by atoms with E-state index in [1.165, 1.54) is 11.3 Å². The number of carboxylic acid groups (broad SMARTS) is 1. The lowest BCUT2D eigenvalue weighted by Crippen LogP contribution is -2.44. The predicted molar refractivity (Wildman–Crippen MR) is 72.3 cm³/mol. The summed E-state index contributed by atoms with van der Waals surface area (Å²) >= 11 is 1.33. The molecular weight excluding hydrogens is 266 g/mol. The van der Waals surface area contributed by atoms with Crippen LogP contribution in [0.25, 0.3) is 0 Å². The van der Waals surface area contributed by atoms with Crippen LogP contribution in [0, 0.1) is 5.92 Å². The molecule has 0 radical (unpaired) electrons. The first-order valence-electron chi connectivity index (χ1n) is 6.36. The van der Waals surface area contributed by atoms with E-state index in [9.17, 15) is 14.7 Å². The Kier molecular flexibility index (Phi) is 4.73. The Hall–Kier alpha value is -1.63. The first-order chi connectivity index (χ1) is 9.16. The number of hydrogen-bond donors (Lipinski definition) is 3. The summed E-state index contributed by atoms with van der Waals surface area (Å²) in [6.07, 6.45) is 5.82. The molecule has 0 bridgehead atoms. The Morgan fingerprint density at radius 2 is 2.11 bits per heavy atom. The van der Waals surface area contributed by atoms with Gasteiger partial charge in [-0.1, -0.05) is 19.3 Å². The number of amides is 2. The average Bonchev–Trinajstić information content (AvgIpc) is 2.73. The Morgan fingerprint density at radius 3 is 2.79 bits per heavy atom. The van der Waals surface area contributed by atoms with Gasteiger partial charge in [0.05, 0.1) is 5.92 Å². The van der Waals surface area contributed by atoms with Crippen LogP contribution in [0.3, 0.4) is 0 Å². The number of carboxylic acids is 1. The van der Waals surface area contributed by atoms with E-state index in [2.05, 4.69) is 15.6 Å². The molecule has 1 saturated carbocycles. The number of carbonyl (C=O) groups excluding carboxylic acids is 1. The van der Waals surface area contributed by atoms with Crippen molar-refractivity contribution in [2.45, 2.75) is 38.1 Å². The number of nitrogens with zero attached hydrogens (tertiary/aromatic N) is 1. The average molecular weight is 283 g/mol. The second-order valence-electron chi connectivity index (χ2n) is 4.62. The summed E-state index contributed by atoms with van der Waals surface area (Å²) < 4.78 is 0. The van der Waals surface area contributed by atoms with Gasteiger partial charge in [0.2, 0.25) is 0 Å². The van der Waals surface area contributed by atoms with E-state index in [1.54, 1.807) is 11.6 Å². The number of anilines is 1. The molecule has 0 aromatic carbocycles. The molecule has 19 heavy (non-hydrogen) atoms. The minimum atomic E-state index is -0.832. The number of urea groups is 1. The summed E-state index contributed by atoms with van der Waals surface area (Å²) in [4.78, 5) is 27.0. The maximum atomic E-state index is 11.8. The fraction of sp³-hybridized carbons (Fsp3) is 0.583. The molecule has 0 saturated heterocycles. The molecule has 0 aliphatic heterocycles.